The van der Waals surface area contributed by atoms with E-state index in [9.17, 15) is 0 Å². The molecule has 7 heavy (non-hydrogen) atoms. The van der Waals surface area contributed by atoms with Crippen molar-refractivity contribution in [1.82, 2.24) is 0 Å². The van der Waals surface area contributed by atoms with Gasteiger partial charge < -0.3 is 11.5 Å². The Bertz CT molecular complexity index is 79.5. The Kier molecular flexibility index (Phi) is 2.26. The minimum Gasteiger partial charge on any atom is -0.329 e. The molecule has 0 rings (SSSR count). The standard InChI is InChI=1S/C5H14N2/c1-2-3-5(7)4-6/h5H,2-4,6-7H2,1H3/i4D2. The molecule has 1 unspecified atom stereocenters. The van der Waals surface area contributed by atoms with Gasteiger partial charge in [-0.1, -0.05) is 13.3 Å². The molecule has 0 radical (unpaired) electrons. The SMILES string of the molecule is [2H]C([2H])(N)C(N)CCC. The van der Waals surface area contributed by atoms with Crippen LogP contribution >= 0.6 is 0 Å². The van der Waals surface area contributed by atoms with Gasteiger partial charge in [0.1, 0.15) is 0 Å². The van der Waals surface area contributed by atoms with Crippen molar-refractivity contribution >= 4 is 0 Å². The predicted molar refractivity (Wildman–Crippen MR) is 31.9 cm³/mol. The van der Waals surface area contributed by atoms with Crippen molar-refractivity contribution in [3.63, 3.8) is 0 Å². The first kappa shape index (κ1) is 3.87. The van der Waals surface area contributed by atoms with Gasteiger partial charge in [-0.15, -0.1) is 0 Å². The van der Waals surface area contributed by atoms with Crippen LogP contribution in [0.1, 0.15) is 22.5 Å². The molecule has 0 bridgehead atoms. The van der Waals surface area contributed by atoms with Gasteiger partial charge >= 0.3 is 0 Å². The van der Waals surface area contributed by atoms with E-state index in [1.807, 2.05) is 6.92 Å². The van der Waals surface area contributed by atoms with Crippen LogP contribution in [-0.4, -0.2) is 12.5 Å². The van der Waals surface area contributed by atoms with Crippen molar-refractivity contribution in [3.8, 4) is 0 Å². The Balaban J connectivity index is 3.59. The second kappa shape index (κ2) is 4.09. The summed E-state index contributed by atoms with van der Waals surface area (Å²) in [6, 6.07) is -0.525. The largest absolute Gasteiger partial charge is 0.329 e. The van der Waals surface area contributed by atoms with Gasteiger partial charge in [0.05, 0.1) is 0 Å². The van der Waals surface area contributed by atoms with Gasteiger partial charge in [0, 0.05) is 15.3 Å². The van der Waals surface area contributed by atoms with E-state index in [1.54, 1.807) is 0 Å². The lowest BCUT2D eigenvalue weighted by atomic mass is 10.2. The molecule has 0 aromatic heterocycles. The first-order valence-corrected chi connectivity index (χ1v) is 2.53. The maximum absolute atomic E-state index is 6.96. The number of rotatable bonds is 3. The molecule has 2 heteroatoms. The Labute approximate surface area is 47.7 Å². The van der Waals surface area contributed by atoms with Crippen LogP contribution in [0.4, 0.5) is 0 Å². The van der Waals surface area contributed by atoms with Crippen LogP contribution in [-0.2, 0) is 0 Å². The second-order valence-corrected chi connectivity index (χ2v) is 1.56. The molecule has 0 aromatic rings. The fourth-order valence-corrected chi connectivity index (χ4v) is 0.394. The molecule has 0 aliphatic carbocycles. The quantitative estimate of drug-likeness (QED) is 0.532. The summed E-state index contributed by atoms with van der Waals surface area (Å²) >= 11 is 0. The van der Waals surface area contributed by atoms with Gasteiger partial charge in [-0.3, -0.25) is 0 Å². The van der Waals surface area contributed by atoms with Crippen molar-refractivity contribution in [3.05, 3.63) is 0 Å². The summed E-state index contributed by atoms with van der Waals surface area (Å²) in [5.74, 6) is 0. The third kappa shape index (κ3) is 3.76. The molecule has 0 spiro atoms. The first-order valence-electron chi connectivity index (χ1n) is 3.53. The Morgan fingerprint density at radius 2 is 2.43 bits per heavy atom. The smallest absolute Gasteiger partial charge is 0.0442 e. The van der Waals surface area contributed by atoms with Crippen molar-refractivity contribution < 1.29 is 2.74 Å². The summed E-state index contributed by atoms with van der Waals surface area (Å²) in [5.41, 5.74) is 10.4. The topological polar surface area (TPSA) is 52.0 Å². The van der Waals surface area contributed by atoms with Crippen LogP contribution in [0, 0.1) is 0 Å². The van der Waals surface area contributed by atoms with Crippen molar-refractivity contribution in [2.75, 3.05) is 6.50 Å². The van der Waals surface area contributed by atoms with Gasteiger partial charge in [0.25, 0.3) is 0 Å². The summed E-state index contributed by atoms with van der Waals surface area (Å²) in [6.45, 7) is 0.238. The highest BCUT2D eigenvalue weighted by Crippen LogP contribution is 1.88. The van der Waals surface area contributed by atoms with E-state index in [4.69, 9.17) is 14.2 Å². The summed E-state index contributed by atoms with van der Waals surface area (Å²) in [7, 11) is 0. The molecule has 0 amide bonds. The molecule has 2 nitrogen and oxygen atoms in total. The molecule has 0 aliphatic rings. The zero-order valence-electron chi connectivity index (χ0n) is 6.65. The van der Waals surface area contributed by atoms with Crippen molar-refractivity contribution in [1.29, 1.82) is 0 Å². The summed E-state index contributed by atoms with van der Waals surface area (Å²) in [5, 5.41) is 0. The minimum absolute atomic E-state index is 0.525. The van der Waals surface area contributed by atoms with Crippen molar-refractivity contribution in [2.24, 2.45) is 11.5 Å². The van der Waals surface area contributed by atoms with Crippen LogP contribution in [0.15, 0.2) is 0 Å². The molecular formula is C5H14N2. The van der Waals surface area contributed by atoms with Gasteiger partial charge in [0.15, 0.2) is 0 Å². The van der Waals surface area contributed by atoms with Gasteiger partial charge in [-0.25, -0.2) is 0 Å². The summed E-state index contributed by atoms with van der Waals surface area (Å²) < 4.78 is 13.9. The van der Waals surface area contributed by atoms with E-state index in [0.29, 0.717) is 6.42 Å². The summed E-state index contributed by atoms with van der Waals surface area (Å²) in [4.78, 5) is 0. The van der Waals surface area contributed by atoms with Gasteiger partial charge in [-0.05, 0) is 6.42 Å². The fraction of sp³-hybridized carbons (Fsp3) is 1.00. The molecule has 0 aliphatic heterocycles. The molecular weight excluding hydrogens is 88.1 g/mol. The molecule has 1 atom stereocenters. The average molecular weight is 104 g/mol. The summed E-state index contributed by atoms with van der Waals surface area (Å²) in [6.07, 6.45) is 1.52. The third-order valence-corrected chi connectivity index (χ3v) is 0.814. The molecule has 44 valence electrons. The average Bonchev–Trinajstić information content (AvgIpc) is 1.64. The lowest BCUT2D eigenvalue weighted by molar-refractivity contribution is 0.612. The molecule has 4 N–H and O–H groups in total. The highest BCUT2D eigenvalue weighted by molar-refractivity contribution is 4.58. The normalized spacial score (nSPS) is 20.4. The molecule has 0 heterocycles. The molecule has 0 fully saturated rings. The van der Waals surface area contributed by atoms with Crippen LogP contribution < -0.4 is 11.5 Å². The zero-order valence-corrected chi connectivity index (χ0v) is 4.65. The van der Waals surface area contributed by atoms with E-state index in [2.05, 4.69) is 0 Å². The van der Waals surface area contributed by atoms with Crippen LogP contribution in [0.2, 0.25) is 0 Å². The highest BCUT2D eigenvalue weighted by atomic mass is 14.7. The van der Waals surface area contributed by atoms with Crippen LogP contribution in [0.3, 0.4) is 0 Å². The maximum Gasteiger partial charge on any atom is 0.0442 e. The van der Waals surface area contributed by atoms with Gasteiger partial charge in [0.2, 0.25) is 0 Å². The minimum atomic E-state index is -1.71. The molecule has 0 saturated heterocycles. The second-order valence-electron chi connectivity index (χ2n) is 1.56. The first-order chi connectivity index (χ1) is 3.98. The molecule has 0 aromatic carbocycles. The Hall–Kier alpha value is -0.0800. The van der Waals surface area contributed by atoms with Crippen LogP contribution in [0.5, 0.6) is 0 Å². The zero-order chi connectivity index (χ0) is 7.49. The van der Waals surface area contributed by atoms with E-state index >= 15 is 0 Å². The number of hydrogen-bond donors (Lipinski definition) is 2. The van der Waals surface area contributed by atoms with E-state index in [1.165, 1.54) is 0 Å². The number of nitrogens with two attached hydrogens (primary N) is 2. The predicted octanol–water partition coefficient (Wildman–Crippen LogP) is 0.0725. The fourth-order valence-electron chi connectivity index (χ4n) is 0.394. The Morgan fingerprint density at radius 3 is 2.57 bits per heavy atom. The third-order valence-electron chi connectivity index (χ3n) is 0.814. The Morgan fingerprint density at radius 1 is 1.86 bits per heavy atom. The monoisotopic (exact) mass is 104 g/mol. The van der Waals surface area contributed by atoms with E-state index in [-0.39, 0.29) is 0 Å². The van der Waals surface area contributed by atoms with Gasteiger partial charge in [-0.2, -0.15) is 0 Å². The van der Waals surface area contributed by atoms with E-state index in [0.717, 1.165) is 6.42 Å². The number of hydrogen-bond acceptors (Lipinski definition) is 2. The lowest BCUT2D eigenvalue weighted by Crippen LogP contribution is -2.28. The van der Waals surface area contributed by atoms with Crippen LogP contribution in [0.25, 0.3) is 0 Å². The lowest BCUT2D eigenvalue weighted by Gasteiger charge is -2.03. The maximum atomic E-state index is 6.96. The van der Waals surface area contributed by atoms with E-state index < -0.39 is 12.5 Å². The highest BCUT2D eigenvalue weighted by Gasteiger charge is 1.93. The molecule has 0 saturated carbocycles. The van der Waals surface area contributed by atoms with Crippen molar-refractivity contribution in [2.45, 2.75) is 25.8 Å².